The zero-order chi connectivity index (χ0) is 15.0. The molecule has 0 aliphatic heterocycles. The molecule has 20 heavy (non-hydrogen) atoms. The number of benzene rings is 1. The number of hydrogen-bond acceptors (Lipinski definition) is 3. The van der Waals surface area contributed by atoms with Crippen LogP contribution < -0.4 is 10.6 Å². The van der Waals surface area contributed by atoms with Crippen molar-refractivity contribution in [2.24, 2.45) is 5.92 Å². The molecule has 0 aliphatic rings. The molecule has 4 nitrogen and oxygen atoms in total. The zero-order valence-corrected chi connectivity index (χ0v) is 14.0. The van der Waals surface area contributed by atoms with Crippen molar-refractivity contribution < 1.29 is 9.59 Å². The van der Waals surface area contributed by atoms with Gasteiger partial charge in [-0.05, 0) is 36.6 Å². The topological polar surface area (TPSA) is 58.2 Å². The van der Waals surface area contributed by atoms with E-state index in [0.717, 1.165) is 15.8 Å². The third-order valence-corrected chi connectivity index (χ3v) is 3.98. The van der Waals surface area contributed by atoms with Crippen molar-refractivity contribution >= 4 is 39.6 Å². The van der Waals surface area contributed by atoms with Crippen LogP contribution in [0.2, 0.25) is 0 Å². The summed E-state index contributed by atoms with van der Waals surface area (Å²) >= 11 is 4.75. The first-order chi connectivity index (χ1) is 9.47. The van der Waals surface area contributed by atoms with Gasteiger partial charge in [0, 0.05) is 15.9 Å². The number of rotatable bonds is 6. The third-order valence-electron chi connectivity index (χ3n) is 2.44. The third kappa shape index (κ3) is 7.55. The number of imide groups is 1. The van der Waals surface area contributed by atoms with E-state index in [0.29, 0.717) is 12.5 Å². The molecular weight excluding hydrogens is 340 g/mol. The lowest BCUT2D eigenvalue weighted by Gasteiger charge is -2.08. The molecule has 110 valence electrons. The molecule has 1 aromatic carbocycles. The van der Waals surface area contributed by atoms with Crippen LogP contribution in [0.5, 0.6) is 0 Å². The predicted molar refractivity (Wildman–Crippen MR) is 85.9 cm³/mol. The van der Waals surface area contributed by atoms with Crippen LogP contribution in [-0.4, -0.2) is 24.2 Å². The first kappa shape index (κ1) is 17.0. The number of hydrogen-bond donors (Lipinski definition) is 2. The van der Waals surface area contributed by atoms with Crippen LogP contribution in [0.15, 0.2) is 33.6 Å². The lowest BCUT2D eigenvalue weighted by Crippen LogP contribution is -2.40. The van der Waals surface area contributed by atoms with Gasteiger partial charge in [0.2, 0.25) is 5.91 Å². The Hall–Kier alpha value is -1.01. The van der Waals surface area contributed by atoms with Crippen LogP contribution in [0.3, 0.4) is 0 Å². The Morgan fingerprint density at radius 2 is 1.90 bits per heavy atom. The molecule has 0 bridgehead atoms. The van der Waals surface area contributed by atoms with Gasteiger partial charge >= 0.3 is 6.03 Å². The molecule has 0 unspecified atom stereocenters. The summed E-state index contributed by atoms with van der Waals surface area (Å²) < 4.78 is 0.996. The second kappa shape index (κ2) is 9.02. The summed E-state index contributed by atoms with van der Waals surface area (Å²) in [6, 6.07) is 7.25. The van der Waals surface area contributed by atoms with Crippen LogP contribution in [0, 0.1) is 5.92 Å². The summed E-state index contributed by atoms with van der Waals surface area (Å²) in [5.41, 5.74) is 0. The summed E-state index contributed by atoms with van der Waals surface area (Å²) in [6.45, 7) is 4.75. The average molecular weight is 359 g/mol. The summed E-state index contributed by atoms with van der Waals surface area (Å²) in [5.74, 6) is 0.457. The van der Waals surface area contributed by atoms with Crippen LogP contribution in [0.1, 0.15) is 20.3 Å². The van der Waals surface area contributed by atoms with Gasteiger partial charge < -0.3 is 5.32 Å². The standard InChI is InChI=1S/C14H19BrN2O2S/c1-10(2)7-8-16-14(19)17-13(18)9-20-12-5-3-11(15)4-6-12/h3-6,10H,7-9H2,1-2H3,(H2,16,17,18,19). The van der Waals surface area contributed by atoms with E-state index in [-0.39, 0.29) is 11.7 Å². The Labute approximate surface area is 132 Å². The fourth-order valence-corrected chi connectivity index (χ4v) is 2.32. The Bertz CT molecular complexity index is 449. The van der Waals surface area contributed by atoms with Gasteiger partial charge in [-0.1, -0.05) is 29.8 Å². The monoisotopic (exact) mass is 358 g/mol. The van der Waals surface area contributed by atoms with Crippen LogP contribution in [0.25, 0.3) is 0 Å². The number of carbonyl (C=O) groups is 2. The average Bonchev–Trinajstić information content (AvgIpc) is 2.37. The second-order valence-electron chi connectivity index (χ2n) is 4.73. The minimum Gasteiger partial charge on any atom is -0.338 e. The SMILES string of the molecule is CC(C)CCNC(=O)NC(=O)CSc1ccc(Br)cc1. The molecule has 6 heteroatoms. The van der Waals surface area contributed by atoms with E-state index in [1.54, 1.807) is 0 Å². The Morgan fingerprint density at radius 3 is 2.50 bits per heavy atom. The van der Waals surface area contributed by atoms with E-state index in [4.69, 9.17) is 0 Å². The van der Waals surface area contributed by atoms with Gasteiger partial charge in [0.25, 0.3) is 0 Å². The van der Waals surface area contributed by atoms with Gasteiger partial charge in [-0.15, -0.1) is 11.8 Å². The molecular formula is C14H19BrN2O2S. The molecule has 0 heterocycles. The van der Waals surface area contributed by atoms with Gasteiger partial charge in [0.05, 0.1) is 5.75 Å². The maximum atomic E-state index is 11.6. The van der Waals surface area contributed by atoms with Crippen LogP contribution in [0.4, 0.5) is 4.79 Å². The van der Waals surface area contributed by atoms with Gasteiger partial charge in [-0.3, -0.25) is 10.1 Å². The first-order valence-corrected chi connectivity index (χ1v) is 8.21. The molecule has 2 N–H and O–H groups in total. The molecule has 1 rings (SSSR count). The summed E-state index contributed by atoms with van der Waals surface area (Å²) in [5, 5.41) is 4.98. The van der Waals surface area contributed by atoms with Crippen molar-refractivity contribution in [3.8, 4) is 0 Å². The molecule has 3 amide bonds. The molecule has 0 saturated heterocycles. The normalized spacial score (nSPS) is 10.4. The van der Waals surface area contributed by atoms with Gasteiger partial charge in [0.15, 0.2) is 0 Å². The number of carbonyl (C=O) groups excluding carboxylic acids is 2. The van der Waals surface area contributed by atoms with E-state index >= 15 is 0 Å². The maximum Gasteiger partial charge on any atom is 0.321 e. The highest BCUT2D eigenvalue weighted by molar-refractivity contribution is 9.10. The molecule has 0 spiro atoms. The predicted octanol–water partition coefficient (Wildman–Crippen LogP) is 3.41. The highest BCUT2D eigenvalue weighted by Crippen LogP contribution is 2.20. The fraction of sp³-hybridized carbons (Fsp3) is 0.429. The lowest BCUT2D eigenvalue weighted by molar-refractivity contribution is -0.117. The maximum absolute atomic E-state index is 11.6. The number of thioether (sulfide) groups is 1. The Morgan fingerprint density at radius 1 is 1.25 bits per heavy atom. The van der Waals surface area contributed by atoms with E-state index in [1.165, 1.54) is 11.8 Å². The first-order valence-electron chi connectivity index (χ1n) is 6.43. The highest BCUT2D eigenvalue weighted by Gasteiger charge is 2.08. The van der Waals surface area contributed by atoms with Crippen LogP contribution >= 0.6 is 27.7 Å². The molecule has 0 radical (unpaired) electrons. The van der Waals surface area contributed by atoms with Crippen molar-refractivity contribution in [3.05, 3.63) is 28.7 Å². The Kier molecular flexibility index (Phi) is 7.69. The molecule has 0 aliphatic carbocycles. The Balaban J connectivity index is 2.22. The lowest BCUT2D eigenvalue weighted by atomic mass is 10.1. The van der Waals surface area contributed by atoms with Crippen molar-refractivity contribution in [1.82, 2.24) is 10.6 Å². The zero-order valence-electron chi connectivity index (χ0n) is 11.6. The van der Waals surface area contributed by atoms with E-state index < -0.39 is 6.03 Å². The molecule has 0 aromatic heterocycles. The largest absolute Gasteiger partial charge is 0.338 e. The van der Waals surface area contributed by atoms with Crippen molar-refractivity contribution in [2.45, 2.75) is 25.2 Å². The van der Waals surface area contributed by atoms with Crippen molar-refractivity contribution in [3.63, 3.8) is 0 Å². The number of urea groups is 1. The smallest absolute Gasteiger partial charge is 0.321 e. The molecule has 0 saturated carbocycles. The van der Waals surface area contributed by atoms with Crippen molar-refractivity contribution in [1.29, 1.82) is 0 Å². The van der Waals surface area contributed by atoms with E-state index in [1.807, 2.05) is 24.3 Å². The number of nitrogens with one attached hydrogen (secondary N) is 2. The quantitative estimate of drug-likeness (QED) is 0.766. The second-order valence-corrected chi connectivity index (χ2v) is 6.69. The van der Waals surface area contributed by atoms with Crippen molar-refractivity contribution in [2.75, 3.05) is 12.3 Å². The van der Waals surface area contributed by atoms with Gasteiger partial charge in [-0.25, -0.2) is 4.79 Å². The minimum absolute atomic E-state index is 0.221. The number of amides is 3. The molecule has 0 fully saturated rings. The fourth-order valence-electron chi connectivity index (χ4n) is 1.36. The molecule has 0 atom stereocenters. The summed E-state index contributed by atoms with van der Waals surface area (Å²) in [6.07, 6.45) is 0.898. The summed E-state index contributed by atoms with van der Waals surface area (Å²) in [4.78, 5) is 24.0. The summed E-state index contributed by atoms with van der Waals surface area (Å²) in [7, 11) is 0. The van der Waals surface area contributed by atoms with Gasteiger partial charge in [0.1, 0.15) is 0 Å². The number of halogens is 1. The van der Waals surface area contributed by atoms with E-state index in [9.17, 15) is 9.59 Å². The van der Waals surface area contributed by atoms with E-state index in [2.05, 4.69) is 40.4 Å². The highest BCUT2D eigenvalue weighted by atomic mass is 79.9. The van der Waals surface area contributed by atoms with Crippen LogP contribution in [-0.2, 0) is 4.79 Å². The van der Waals surface area contributed by atoms with Gasteiger partial charge in [-0.2, -0.15) is 0 Å². The minimum atomic E-state index is -0.424. The molecule has 1 aromatic rings.